The number of amides is 1. The maximum absolute atomic E-state index is 13.2. The summed E-state index contributed by atoms with van der Waals surface area (Å²) in [6.07, 6.45) is -6.45. The van der Waals surface area contributed by atoms with E-state index in [9.17, 15) is 32.9 Å². The lowest BCUT2D eigenvalue weighted by Crippen LogP contribution is -2.30. The van der Waals surface area contributed by atoms with Gasteiger partial charge >= 0.3 is 12.1 Å². The summed E-state index contributed by atoms with van der Waals surface area (Å²) in [5.41, 5.74) is -2.93. The second-order valence-electron chi connectivity index (χ2n) is 6.12. The molecule has 0 aliphatic heterocycles. The standard InChI is InChI=1S/C19H17F3N2O7/c1-10(31-18(26)11-6-13(29-2)9-14(7-11)30-3)17(25)23-16-5-4-12(24(27)28)8-15(16)19(20,21)22/h4-10H,1-3H3,(H,23,25). The Bertz CT molecular complexity index is 986. The summed E-state index contributed by atoms with van der Waals surface area (Å²) in [6, 6.07) is 6.01. The molecular weight excluding hydrogens is 425 g/mol. The van der Waals surface area contributed by atoms with Crippen LogP contribution < -0.4 is 14.8 Å². The number of non-ortho nitro benzene ring substituents is 1. The number of carbonyl (C=O) groups excluding carboxylic acids is 2. The van der Waals surface area contributed by atoms with E-state index in [-0.39, 0.29) is 17.1 Å². The number of hydrogen-bond acceptors (Lipinski definition) is 7. The molecule has 166 valence electrons. The summed E-state index contributed by atoms with van der Waals surface area (Å²) in [5.74, 6) is -1.45. The summed E-state index contributed by atoms with van der Waals surface area (Å²) in [4.78, 5) is 34.4. The SMILES string of the molecule is COc1cc(OC)cc(C(=O)OC(C)C(=O)Nc2ccc([N+](=O)[O-])cc2C(F)(F)F)c1. The Labute approximate surface area is 173 Å². The fourth-order valence-corrected chi connectivity index (χ4v) is 2.43. The molecule has 1 unspecified atom stereocenters. The first kappa shape index (κ1) is 23.4. The number of esters is 1. The normalized spacial score (nSPS) is 11.9. The van der Waals surface area contributed by atoms with Crippen molar-refractivity contribution in [1.82, 2.24) is 0 Å². The second-order valence-corrected chi connectivity index (χ2v) is 6.12. The van der Waals surface area contributed by atoms with E-state index < -0.39 is 46.0 Å². The molecule has 9 nitrogen and oxygen atoms in total. The zero-order valence-corrected chi connectivity index (χ0v) is 16.5. The number of rotatable bonds is 7. The Morgan fingerprint density at radius 2 is 1.65 bits per heavy atom. The molecule has 1 N–H and O–H groups in total. The van der Waals surface area contributed by atoms with Gasteiger partial charge in [0.25, 0.3) is 11.6 Å². The summed E-state index contributed by atoms with van der Waals surface area (Å²) < 4.78 is 54.8. The number of ether oxygens (including phenoxy) is 3. The van der Waals surface area contributed by atoms with Crippen LogP contribution in [0.1, 0.15) is 22.8 Å². The van der Waals surface area contributed by atoms with Gasteiger partial charge in [-0.05, 0) is 25.1 Å². The highest BCUT2D eigenvalue weighted by molar-refractivity contribution is 5.98. The molecule has 0 aromatic heterocycles. The van der Waals surface area contributed by atoms with E-state index in [0.717, 1.165) is 19.1 Å². The van der Waals surface area contributed by atoms with Gasteiger partial charge in [-0.2, -0.15) is 13.2 Å². The third kappa shape index (κ3) is 5.84. The van der Waals surface area contributed by atoms with Gasteiger partial charge in [0.1, 0.15) is 11.5 Å². The zero-order chi connectivity index (χ0) is 23.3. The minimum atomic E-state index is -4.97. The summed E-state index contributed by atoms with van der Waals surface area (Å²) in [7, 11) is 2.73. The number of alkyl halides is 3. The molecule has 0 spiro atoms. The number of carbonyl (C=O) groups is 2. The van der Waals surface area contributed by atoms with Gasteiger partial charge < -0.3 is 19.5 Å². The van der Waals surface area contributed by atoms with E-state index in [2.05, 4.69) is 0 Å². The van der Waals surface area contributed by atoms with Crippen molar-refractivity contribution in [2.45, 2.75) is 19.2 Å². The molecule has 2 rings (SSSR count). The lowest BCUT2D eigenvalue weighted by molar-refractivity contribution is -0.385. The van der Waals surface area contributed by atoms with Crippen molar-refractivity contribution in [3.05, 3.63) is 57.6 Å². The van der Waals surface area contributed by atoms with Gasteiger partial charge in [-0.3, -0.25) is 14.9 Å². The third-order valence-corrected chi connectivity index (χ3v) is 4.02. The molecule has 0 saturated carbocycles. The van der Waals surface area contributed by atoms with Crippen molar-refractivity contribution in [1.29, 1.82) is 0 Å². The average molecular weight is 442 g/mol. The highest BCUT2D eigenvalue weighted by Gasteiger charge is 2.36. The van der Waals surface area contributed by atoms with Crippen LogP contribution in [0.15, 0.2) is 36.4 Å². The number of anilines is 1. The summed E-state index contributed by atoms with van der Waals surface area (Å²) >= 11 is 0. The molecule has 1 atom stereocenters. The third-order valence-electron chi connectivity index (χ3n) is 4.02. The van der Waals surface area contributed by atoms with Crippen LogP contribution >= 0.6 is 0 Å². The predicted molar refractivity (Wildman–Crippen MR) is 101 cm³/mol. The number of nitro groups is 1. The molecule has 0 bridgehead atoms. The molecular formula is C19H17F3N2O7. The molecule has 0 aliphatic rings. The van der Waals surface area contributed by atoms with Crippen molar-refractivity contribution in [3.8, 4) is 11.5 Å². The van der Waals surface area contributed by atoms with Crippen molar-refractivity contribution in [2.24, 2.45) is 0 Å². The van der Waals surface area contributed by atoms with Crippen LogP contribution in [0.25, 0.3) is 0 Å². The first-order valence-corrected chi connectivity index (χ1v) is 8.56. The number of methoxy groups -OCH3 is 2. The maximum Gasteiger partial charge on any atom is 0.418 e. The Morgan fingerprint density at radius 3 is 2.13 bits per heavy atom. The number of nitrogens with one attached hydrogen (secondary N) is 1. The number of hydrogen-bond donors (Lipinski definition) is 1. The van der Waals surface area contributed by atoms with E-state index in [1.807, 2.05) is 5.32 Å². The van der Waals surface area contributed by atoms with Crippen molar-refractivity contribution in [2.75, 3.05) is 19.5 Å². The molecule has 0 fully saturated rings. The second kappa shape index (κ2) is 9.32. The molecule has 31 heavy (non-hydrogen) atoms. The fraction of sp³-hybridized carbons (Fsp3) is 0.263. The maximum atomic E-state index is 13.2. The summed E-state index contributed by atoms with van der Waals surface area (Å²) in [5, 5.41) is 12.7. The van der Waals surface area contributed by atoms with E-state index in [1.54, 1.807) is 0 Å². The van der Waals surface area contributed by atoms with Crippen LogP contribution in [0.2, 0.25) is 0 Å². The molecule has 0 aliphatic carbocycles. The van der Waals surface area contributed by atoms with E-state index in [0.29, 0.717) is 6.07 Å². The first-order chi connectivity index (χ1) is 14.5. The minimum Gasteiger partial charge on any atom is -0.497 e. The quantitative estimate of drug-likeness (QED) is 0.394. The topological polar surface area (TPSA) is 117 Å². The van der Waals surface area contributed by atoms with E-state index >= 15 is 0 Å². The van der Waals surface area contributed by atoms with Gasteiger partial charge in [0.15, 0.2) is 6.10 Å². The van der Waals surface area contributed by atoms with Gasteiger partial charge in [-0.15, -0.1) is 0 Å². The predicted octanol–water partition coefficient (Wildman–Crippen LogP) is 3.81. The lowest BCUT2D eigenvalue weighted by Gasteiger charge is -2.17. The Kier molecular flexibility index (Phi) is 7.05. The van der Waals surface area contributed by atoms with Gasteiger partial charge in [-0.1, -0.05) is 0 Å². The average Bonchev–Trinajstić information content (AvgIpc) is 2.72. The summed E-state index contributed by atoms with van der Waals surface area (Å²) in [6.45, 7) is 1.16. The van der Waals surface area contributed by atoms with Crippen molar-refractivity contribution < 1.29 is 41.9 Å². The fourth-order valence-electron chi connectivity index (χ4n) is 2.43. The number of benzene rings is 2. The van der Waals surface area contributed by atoms with Crippen LogP contribution in [-0.2, 0) is 15.7 Å². The molecule has 12 heteroatoms. The van der Waals surface area contributed by atoms with Crippen molar-refractivity contribution in [3.63, 3.8) is 0 Å². The largest absolute Gasteiger partial charge is 0.497 e. The molecule has 1 amide bonds. The number of nitrogens with zero attached hydrogens (tertiary/aromatic N) is 1. The smallest absolute Gasteiger partial charge is 0.418 e. The van der Waals surface area contributed by atoms with Gasteiger partial charge in [0, 0.05) is 18.2 Å². The highest BCUT2D eigenvalue weighted by Crippen LogP contribution is 2.37. The van der Waals surface area contributed by atoms with Crippen LogP contribution in [0.4, 0.5) is 24.5 Å². The number of halogens is 3. The Morgan fingerprint density at radius 1 is 1.06 bits per heavy atom. The van der Waals surface area contributed by atoms with E-state index in [4.69, 9.17) is 14.2 Å². The first-order valence-electron chi connectivity index (χ1n) is 8.56. The van der Waals surface area contributed by atoms with Crippen molar-refractivity contribution >= 4 is 23.3 Å². The van der Waals surface area contributed by atoms with Gasteiger partial charge in [0.2, 0.25) is 0 Å². The minimum absolute atomic E-state index is 0.0119. The Hall–Kier alpha value is -3.83. The van der Waals surface area contributed by atoms with E-state index in [1.165, 1.54) is 32.4 Å². The zero-order valence-electron chi connectivity index (χ0n) is 16.5. The molecule has 2 aromatic carbocycles. The Balaban J connectivity index is 2.20. The van der Waals surface area contributed by atoms with Gasteiger partial charge in [-0.25, -0.2) is 4.79 Å². The molecule has 2 aromatic rings. The number of nitro benzene ring substituents is 1. The van der Waals surface area contributed by atoms with Crippen LogP contribution in [0, 0.1) is 10.1 Å². The molecule has 0 heterocycles. The lowest BCUT2D eigenvalue weighted by atomic mass is 10.1. The molecule has 0 radical (unpaired) electrons. The van der Waals surface area contributed by atoms with Gasteiger partial charge in [0.05, 0.1) is 36.0 Å². The van der Waals surface area contributed by atoms with Crippen LogP contribution in [-0.4, -0.2) is 37.1 Å². The van der Waals surface area contributed by atoms with Crippen LogP contribution in [0.5, 0.6) is 11.5 Å². The van der Waals surface area contributed by atoms with Crippen LogP contribution in [0.3, 0.4) is 0 Å². The molecule has 0 saturated heterocycles. The monoisotopic (exact) mass is 442 g/mol. The highest BCUT2D eigenvalue weighted by atomic mass is 19.4.